The largest absolute Gasteiger partial charge is 0.673 e. The van der Waals surface area contributed by atoms with E-state index in [4.69, 9.17) is 9.26 Å². The van der Waals surface area contributed by atoms with Crippen LogP contribution in [0.3, 0.4) is 0 Å². The van der Waals surface area contributed by atoms with Crippen LogP contribution >= 0.6 is 0 Å². The van der Waals surface area contributed by atoms with E-state index in [2.05, 4.69) is 0 Å². The molecule has 0 atom stereocenters. The van der Waals surface area contributed by atoms with Crippen LogP contribution in [0.4, 0.5) is 17.3 Å². The van der Waals surface area contributed by atoms with Gasteiger partial charge < -0.3 is 22.0 Å². The molecule has 110 valence electrons. The molecule has 8 heteroatoms. The maximum Gasteiger partial charge on any atom is 0.673 e. The molecule has 0 saturated carbocycles. The van der Waals surface area contributed by atoms with Gasteiger partial charge in [0.1, 0.15) is 5.75 Å². The van der Waals surface area contributed by atoms with Crippen molar-refractivity contribution in [2.24, 2.45) is 7.05 Å². The van der Waals surface area contributed by atoms with Gasteiger partial charge >= 0.3 is 7.25 Å². The van der Waals surface area contributed by atoms with E-state index in [1.54, 1.807) is 11.8 Å². The van der Waals surface area contributed by atoms with Gasteiger partial charge in [0.15, 0.2) is 7.05 Å². The third kappa shape index (κ3) is 5.33. The number of aromatic nitrogens is 1. The van der Waals surface area contributed by atoms with E-state index in [-0.39, 0.29) is 0 Å². The molecule has 0 fully saturated rings. The average Bonchev–Trinajstić information content (AvgIpc) is 2.68. The highest BCUT2D eigenvalue weighted by atomic mass is 19.5. The van der Waals surface area contributed by atoms with Gasteiger partial charge in [0.25, 0.3) is 0 Å². The molecule has 0 amide bonds. The lowest BCUT2D eigenvalue weighted by Gasteiger charge is -1.98. The number of nitrogens with zero attached hydrogens (tertiary/aromatic N) is 1. The Bertz CT molecular complexity index is 526. The molecule has 0 aliphatic heterocycles. The van der Waals surface area contributed by atoms with Crippen LogP contribution in [0.25, 0.3) is 11.3 Å². The number of ether oxygens (including phenoxy) is 1. The molecule has 1 aromatic carbocycles. The monoisotopic (exact) mass is 291 g/mol. The SMILES string of the molecule is COc1ccc(-c2cc(C)[n+](C)o2)cc1.F[B-](F)(F)F. The van der Waals surface area contributed by atoms with Crippen LogP contribution in [0.2, 0.25) is 0 Å². The first-order valence-electron chi connectivity index (χ1n) is 5.69. The fraction of sp³-hybridized carbons (Fsp3) is 0.250. The highest BCUT2D eigenvalue weighted by Crippen LogP contribution is 2.21. The van der Waals surface area contributed by atoms with Crippen molar-refractivity contribution < 1.29 is 31.3 Å². The number of halogens is 4. The fourth-order valence-corrected chi connectivity index (χ4v) is 1.42. The van der Waals surface area contributed by atoms with E-state index in [0.29, 0.717) is 0 Å². The van der Waals surface area contributed by atoms with Gasteiger partial charge in [0, 0.05) is 12.5 Å². The summed E-state index contributed by atoms with van der Waals surface area (Å²) in [6.07, 6.45) is 0. The summed E-state index contributed by atoms with van der Waals surface area (Å²) in [5.41, 5.74) is 2.15. The summed E-state index contributed by atoms with van der Waals surface area (Å²) in [5.74, 6) is 1.73. The highest BCUT2D eigenvalue weighted by molar-refractivity contribution is 6.50. The minimum absolute atomic E-state index is 0.853. The minimum atomic E-state index is -6.00. The lowest BCUT2D eigenvalue weighted by atomic mass is 10.1. The third-order valence-corrected chi connectivity index (χ3v) is 2.45. The first kappa shape index (κ1) is 16.1. The Labute approximate surface area is 113 Å². The first-order chi connectivity index (χ1) is 9.20. The van der Waals surface area contributed by atoms with Crippen LogP contribution < -0.4 is 9.48 Å². The maximum absolute atomic E-state index is 9.75. The summed E-state index contributed by atoms with van der Waals surface area (Å²) in [5, 5.41) is 0. The standard InChI is InChI=1S/C12H14NO2.BF4/c1-9-8-12(15-13(9)2)10-4-6-11(14-3)7-5-10;2-1(3,4)5/h4-8H,1-3H3;/q+1;-1. The molecule has 2 rings (SSSR count). The zero-order chi connectivity index (χ0) is 15.3. The second-order valence-electron chi connectivity index (χ2n) is 3.96. The van der Waals surface area contributed by atoms with Crippen molar-refractivity contribution in [1.29, 1.82) is 0 Å². The van der Waals surface area contributed by atoms with Crippen molar-refractivity contribution in [2.45, 2.75) is 6.92 Å². The summed E-state index contributed by atoms with van der Waals surface area (Å²) in [7, 11) is -2.45. The minimum Gasteiger partial charge on any atom is -0.497 e. The van der Waals surface area contributed by atoms with Gasteiger partial charge in [-0.2, -0.15) is 0 Å². The lowest BCUT2D eigenvalue weighted by molar-refractivity contribution is -0.847. The van der Waals surface area contributed by atoms with Gasteiger partial charge in [-0.1, -0.05) is 0 Å². The lowest BCUT2D eigenvalue weighted by Crippen LogP contribution is -2.27. The molecule has 0 unspecified atom stereocenters. The van der Waals surface area contributed by atoms with Gasteiger partial charge in [0.2, 0.25) is 11.5 Å². The van der Waals surface area contributed by atoms with Crippen molar-refractivity contribution in [3.63, 3.8) is 0 Å². The molecule has 0 saturated heterocycles. The Morgan fingerprint density at radius 3 is 1.95 bits per heavy atom. The van der Waals surface area contributed by atoms with Crippen molar-refractivity contribution in [1.82, 2.24) is 0 Å². The van der Waals surface area contributed by atoms with Crippen molar-refractivity contribution in [3.05, 3.63) is 36.0 Å². The van der Waals surface area contributed by atoms with Gasteiger partial charge in [-0.15, -0.1) is 0 Å². The van der Waals surface area contributed by atoms with Crippen LogP contribution in [0.15, 0.2) is 34.9 Å². The fourth-order valence-electron chi connectivity index (χ4n) is 1.42. The molecular formula is C12H14BF4NO2. The van der Waals surface area contributed by atoms with E-state index >= 15 is 0 Å². The smallest absolute Gasteiger partial charge is 0.497 e. The van der Waals surface area contributed by atoms with Crippen molar-refractivity contribution in [2.75, 3.05) is 7.11 Å². The summed E-state index contributed by atoms with van der Waals surface area (Å²) in [6.45, 7) is 2.01. The van der Waals surface area contributed by atoms with Gasteiger partial charge in [-0.05, 0) is 29.0 Å². The number of rotatable bonds is 2. The predicted octanol–water partition coefficient (Wildman–Crippen LogP) is 3.39. The highest BCUT2D eigenvalue weighted by Gasteiger charge is 2.20. The third-order valence-electron chi connectivity index (χ3n) is 2.45. The molecule has 0 spiro atoms. The number of aryl methyl sites for hydroxylation is 2. The van der Waals surface area contributed by atoms with E-state index in [1.165, 1.54) is 0 Å². The summed E-state index contributed by atoms with van der Waals surface area (Å²) in [4.78, 5) is 0. The zero-order valence-corrected chi connectivity index (χ0v) is 11.2. The van der Waals surface area contributed by atoms with E-state index in [9.17, 15) is 17.3 Å². The van der Waals surface area contributed by atoms with Crippen LogP contribution in [0.1, 0.15) is 5.69 Å². The van der Waals surface area contributed by atoms with Crippen molar-refractivity contribution >= 4 is 7.25 Å². The molecular weight excluding hydrogens is 277 g/mol. The van der Waals surface area contributed by atoms with Crippen LogP contribution in [-0.4, -0.2) is 14.4 Å². The van der Waals surface area contributed by atoms with Gasteiger partial charge in [-0.3, -0.25) is 0 Å². The molecule has 2 aromatic rings. The Morgan fingerprint density at radius 2 is 1.60 bits per heavy atom. The number of methoxy groups -OCH3 is 1. The first-order valence-corrected chi connectivity index (χ1v) is 5.69. The molecule has 1 heterocycles. The molecule has 0 radical (unpaired) electrons. The second-order valence-corrected chi connectivity index (χ2v) is 3.96. The average molecular weight is 291 g/mol. The molecule has 0 aliphatic carbocycles. The van der Waals surface area contributed by atoms with E-state index in [0.717, 1.165) is 22.8 Å². The second kappa shape index (κ2) is 6.45. The summed E-state index contributed by atoms with van der Waals surface area (Å²) < 4.78 is 51.4. The topological polar surface area (TPSA) is 26.2 Å². The molecule has 0 bridgehead atoms. The maximum atomic E-state index is 9.75. The quantitative estimate of drug-likeness (QED) is 0.481. The predicted molar refractivity (Wildman–Crippen MR) is 66.8 cm³/mol. The van der Waals surface area contributed by atoms with Crippen LogP contribution in [0, 0.1) is 6.92 Å². The summed E-state index contributed by atoms with van der Waals surface area (Å²) >= 11 is 0. The van der Waals surface area contributed by atoms with Gasteiger partial charge in [-0.25, -0.2) is 4.52 Å². The van der Waals surface area contributed by atoms with Crippen LogP contribution in [0.5, 0.6) is 5.75 Å². The van der Waals surface area contributed by atoms with Crippen molar-refractivity contribution in [3.8, 4) is 17.1 Å². The molecule has 20 heavy (non-hydrogen) atoms. The summed E-state index contributed by atoms with van der Waals surface area (Å²) in [6, 6.07) is 9.83. The number of hydrogen-bond donors (Lipinski definition) is 0. The molecule has 3 nitrogen and oxygen atoms in total. The van der Waals surface area contributed by atoms with E-state index in [1.807, 2.05) is 44.3 Å². The Kier molecular flexibility index (Phi) is 5.18. The Morgan fingerprint density at radius 1 is 1.10 bits per heavy atom. The van der Waals surface area contributed by atoms with Gasteiger partial charge in [0.05, 0.1) is 13.2 Å². The van der Waals surface area contributed by atoms with E-state index < -0.39 is 7.25 Å². The molecule has 0 N–H and O–H groups in total. The Balaban J connectivity index is 0.000000347. The normalized spacial score (nSPS) is 10.8. The molecule has 1 aromatic heterocycles. The van der Waals surface area contributed by atoms with Crippen LogP contribution in [-0.2, 0) is 7.05 Å². The number of hydrogen-bond acceptors (Lipinski definition) is 2. The Hall–Kier alpha value is -1.99. The zero-order valence-electron chi connectivity index (χ0n) is 11.2. The number of benzene rings is 1. The molecule has 0 aliphatic rings.